The van der Waals surface area contributed by atoms with Gasteiger partial charge >= 0.3 is 5.97 Å². The lowest BCUT2D eigenvalue weighted by Crippen LogP contribution is -2.21. The van der Waals surface area contributed by atoms with Gasteiger partial charge < -0.3 is 10.4 Å². The number of carbonyl (C=O) groups excluding carboxylic acids is 1. The molecule has 0 fully saturated rings. The molecule has 4 nitrogen and oxygen atoms in total. The molecule has 0 aliphatic heterocycles. The summed E-state index contributed by atoms with van der Waals surface area (Å²) in [4.78, 5) is 23.1. The zero-order valence-electron chi connectivity index (χ0n) is 10.0. The van der Waals surface area contributed by atoms with Crippen LogP contribution in [0.4, 0.5) is 0 Å². The predicted molar refractivity (Wildman–Crippen MR) is 78.9 cm³/mol. The maximum atomic E-state index is 11.9. The van der Waals surface area contributed by atoms with Crippen LogP contribution in [0.5, 0.6) is 0 Å². The number of carboxylic acid groups (broad SMARTS) is 1. The van der Waals surface area contributed by atoms with Gasteiger partial charge in [0.2, 0.25) is 0 Å². The van der Waals surface area contributed by atoms with E-state index in [0.717, 1.165) is 16.9 Å². The Morgan fingerprint density at radius 1 is 1.10 bits per heavy atom. The molecule has 0 saturated heterocycles. The van der Waals surface area contributed by atoms with Crippen molar-refractivity contribution in [3.63, 3.8) is 0 Å². The number of thiophene rings is 1. The fraction of sp³-hybridized carbons (Fsp3) is 0.0769. The molecule has 104 valence electrons. The van der Waals surface area contributed by atoms with Crippen LogP contribution in [0.1, 0.15) is 24.9 Å². The van der Waals surface area contributed by atoms with Gasteiger partial charge in [-0.05, 0) is 29.8 Å². The largest absolute Gasteiger partial charge is 0.477 e. The van der Waals surface area contributed by atoms with Gasteiger partial charge in [-0.1, -0.05) is 29.3 Å². The molecular formula is C13H9Cl2NO3S. The third-order valence-electron chi connectivity index (χ3n) is 2.48. The quantitative estimate of drug-likeness (QED) is 0.899. The molecule has 1 aromatic heterocycles. The second-order valence-corrected chi connectivity index (χ2v) is 5.80. The maximum Gasteiger partial charge on any atom is 0.345 e. The van der Waals surface area contributed by atoms with Gasteiger partial charge in [-0.25, -0.2) is 4.79 Å². The average molecular weight is 330 g/mol. The number of hydrogen-bond donors (Lipinski definition) is 2. The van der Waals surface area contributed by atoms with Crippen LogP contribution in [0.2, 0.25) is 10.0 Å². The first-order valence-corrected chi connectivity index (χ1v) is 7.10. The SMILES string of the molecule is O=C(O)c1ccc(C(=O)NCc2ccc(Cl)c(Cl)c2)s1. The minimum Gasteiger partial charge on any atom is -0.477 e. The highest BCUT2D eigenvalue weighted by Crippen LogP contribution is 2.22. The van der Waals surface area contributed by atoms with Gasteiger partial charge in [0.05, 0.1) is 14.9 Å². The van der Waals surface area contributed by atoms with Crippen LogP contribution in [0, 0.1) is 0 Å². The molecule has 0 saturated carbocycles. The minimum atomic E-state index is -1.04. The van der Waals surface area contributed by atoms with Crippen LogP contribution in [0.3, 0.4) is 0 Å². The molecule has 1 amide bonds. The van der Waals surface area contributed by atoms with Crippen molar-refractivity contribution in [2.75, 3.05) is 0 Å². The van der Waals surface area contributed by atoms with Crippen LogP contribution >= 0.6 is 34.5 Å². The number of carboxylic acids is 1. The van der Waals surface area contributed by atoms with E-state index in [4.69, 9.17) is 28.3 Å². The highest BCUT2D eigenvalue weighted by molar-refractivity contribution is 7.15. The van der Waals surface area contributed by atoms with Crippen molar-refractivity contribution in [3.8, 4) is 0 Å². The number of benzene rings is 1. The summed E-state index contributed by atoms with van der Waals surface area (Å²) in [7, 11) is 0. The fourth-order valence-electron chi connectivity index (χ4n) is 1.49. The summed E-state index contributed by atoms with van der Waals surface area (Å²) in [5.74, 6) is -1.37. The van der Waals surface area contributed by atoms with Crippen LogP contribution in [-0.2, 0) is 6.54 Å². The standard InChI is InChI=1S/C13H9Cl2NO3S/c14-8-2-1-7(5-9(8)15)6-16-12(17)10-3-4-11(20-10)13(18)19/h1-5H,6H2,(H,16,17)(H,18,19). The third kappa shape index (κ3) is 3.50. The monoisotopic (exact) mass is 329 g/mol. The molecule has 1 aromatic carbocycles. The van der Waals surface area contributed by atoms with Gasteiger partial charge in [-0.15, -0.1) is 11.3 Å². The van der Waals surface area contributed by atoms with Crippen molar-refractivity contribution in [2.45, 2.75) is 6.54 Å². The number of halogens is 2. The van der Waals surface area contributed by atoms with E-state index in [-0.39, 0.29) is 17.3 Å². The van der Waals surface area contributed by atoms with E-state index in [0.29, 0.717) is 14.9 Å². The first-order valence-electron chi connectivity index (χ1n) is 5.52. The molecule has 1 heterocycles. The van der Waals surface area contributed by atoms with E-state index in [1.54, 1.807) is 18.2 Å². The number of carbonyl (C=O) groups is 2. The van der Waals surface area contributed by atoms with Crippen molar-refractivity contribution >= 4 is 46.4 Å². The minimum absolute atomic E-state index is 0.129. The van der Waals surface area contributed by atoms with E-state index in [1.807, 2.05) is 0 Å². The van der Waals surface area contributed by atoms with Crippen LogP contribution in [0.25, 0.3) is 0 Å². The first-order chi connectivity index (χ1) is 9.47. The normalized spacial score (nSPS) is 10.3. The molecule has 0 unspecified atom stereocenters. The van der Waals surface area contributed by atoms with Crippen LogP contribution < -0.4 is 5.32 Å². The summed E-state index contributed by atoms with van der Waals surface area (Å²) < 4.78 is 0. The highest BCUT2D eigenvalue weighted by Gasteiger charge is 2.12. The molecule has 2 aromatic rings. The zero-order valence-corrected chi connectivity index (χ0v) is 12.4. The molecule has 2 rings (SSSR count). The Morgan fingerprint density at radius 3 is 2.40 bits per heavy atom. The summed E-state index contributed by atoms with van der Waals surface area (Å²) in [5, 5.41) is 12.4. The second kappa shape index (κ2) is 6.26. The summed E-state index contributed by atoms with van der Waals surface area (Å²) in [6, 6.07) is 7.96. The maximum absolute atomic E-state index is 11.9. The summed E-state index contributed by atoms with van der Waals surface area (Å²) >= 11 is 12.6. The van der Waals surface area contributed by atoms with Gasteiger partial charge in [0, 0.05) is 6.54 Å². The van der Waals surface area contributed by atoms with Gasteiger partial charge in [0.15, 0.2) is 0 Å². The molecular weight excluding hydrogens is 321 g/mol. The van der Waals surface area contributed by atoms with Crippen molar-refractivity contribution in [1.29, 1.82) is 0 Å². The summed E-state index contributed by atoms with van der Waals surface area (Å²) in [5.41, 5.74) is 0.808. The lowest BCUT2D eigenvalue weighted by atomic mass is 10.2. The van der Waals surface area contributed by atoms with Crippen LogP contribution in [0.15, 0.2) is 30.3 Å². The fourth-order valence-corrected chi connectivity index (χ4v) is 2.58. The molecule has 0 radical (unpaired) electrons. The molecule has 0 aliphatic rings. The zero-order chi connectivity index (χ0) is 14.7. The van der Waals surface area contributed by atoms with E-state index < -0.39 is 5.97 Å². The molecule has 20 heavy (non-hydrogen) atoms. The molecule has 0 spiro atoms. The second-order valence-electron chi connectivity index (χ2n) is 3.90. The number of nitrogens with one attached hydrogen (secondary N) is 1. The predicted octanol–water partition coefficient (Wildman–Crippen LogP) is 3.68. The average Bonchev–Trinajstić information content (AvgIpc) is 2.89. The Morgan fingerprint density at radius 2 is 1.80 bits per heavy atom. The van der Waals surface area contributed by atoms with Crippen LogP contribution in [-0.4, -0.2) is 17.0 Å². The topological polar surface area (TPSA) is 66.4 Å². The van der Waals surface area contributed by atoms with Crippen molar-refractivity contribution < 1.29 is 14.7 Å². The van der Waals surface area contributed by atoms with E-state index in [2.05, 4.69) is 5.32 Å². The molecule has 0 bridgehead atoms. The van der Waals surface area contributed by atoms with Gasteiger partial charge in [-0.2, -0.15) is 0 Å². The van der Waals surface area contributed by atoms with E-state index in [1.165, 1.54) is 12.1 Å². The van der Waals surface area contributed by atoms with E-state index >= 15 is 0 Å². The number of aromatic carboxylic acids is 1. The Labute approximate surface area is 128 Å². The van der Waals surface area contributed by atoms with Crippen molar-refractivity contribution in [3.05, 3.63) is 55.7 Å². The van der Waals surface area contributed by atoms with E-state index in [9.17, 15) is 9.59 Å². The number of amides is 1. The molecule has 7 heteroatoms. The smallest absolute Gasteiger partial charge is 0.345 e. The first kappa shape index (κ1) is 14.8. The lowest BCUT2D eigenvalue weighted by molar-refractivity contribution is 0.0702. The Bertz CT molecular complexity index is 669. The summed E-state index contributed by atoms with van der Waals surface area (Å²) in [6.45, 7) is 0.288. The molecule has 2 N–H and O–H groups in total. The van der Waals surface area contributed by atoms with Crippen molar-refractivity contribution in [2.24, 2.45) is 0 Å². The molecule has 0 atom stereocenters. The van der Waals surface area contributed by atoms with Gasteiger partial charge in [0.1, 0.15) is 4.88 Å². The Kier molecular flexibility index (Phi) is 4.65. The Hall–Kier alpha value is -1.56. The summed E-state index contributed by atoms with van der Waals surface area (Å²) in [6.07, 6.45) is 0. The Balaban J connectivity index is 2.00. The molecule has 0 aliphatic carbocycles. The third-order valence-corrected chi connectivity index (χ3v) is 4.29. The number of hydrogen-bond acceptors (Lipinski definition) is 3. The van der Waals surface area contributed by atoms with Crippen molar-refractivity contribution in [1.82, 2.24) is 5.32 Å². The lowest BCUT2D eigenvalue weighted by Gasteiger charge is -2.05. The number of rotatable bonds is 4. The van der Waals surface area contributed by atoms with Gasteiger partial charge in [-0.3, -0.25) is 4.79 Å². The van der Waals surface area contributed by atoms with Gasteiger partial charge in [0.25, 0.3) is 5.91 Å². The highest BCUT2D eigenvalue weighted by atomic mass is 35.5.